The Bertz CT molecular complexity index is 604. The molecule has 5 nitrogen and oxygen atoms in total. The molecule has 1 aromatic rings. The third-order valence-electron chi connectivity index (χ3n) is 4.42. The number of amides is 1. The lowest BCUT2D eigenvalue weighted by molar-refractivity contribution is -0.143. The molecular formula is C21H31NO4. The van der Waals surface area contributed by atoms with Crippen LogP contribution in [0.15, 0.2) is 30.3 Å². The summed E-state index contributed by atoms with van der Waals surface area (Å²) in [7, 11) is 0. The number of carboxylic acid groups (broad SMARTS) is 1. The summed E-state index contributed by atoms with van der Waals surface area (Å²) >= 11 is 0. The maximum absolute atomic E-state index is 12.8. The van der Waals surface area contributed by atoms with Crippen molar-refractivity contribution in [2.45, 2.75) is 65.8 Å². The molecule has 0 aromatic heterocycles. The maximum atomic E-state index is 12.8. The van der Waals surface area contributed by atoms with Gasteiger partial charge >= 0.3 is 5.97 Å². The predicted octanol–water partition coefficient (Wildman–Crippen LogP) is 3.61. The first-order chi connectivity index (χ1) is 12.1. The second-order valence-corrected chi connectivity index (χ2v) is 7.81. The summed E-state index contributed by atoms with van der Waals surface area (Å²) in [6.07, 6.45) is 2.49. The van der Waals surface area contributed by atoms with Crippen molar-refractivity contribution >= 4 is 17.7 Å². The van der Waals surface area contributed by atoms with Crippen LogP contribution in [0.2, 0.25) is 0 Å². The summed E-state index contributed by atoms with van der Waals surface area (Å²) in [6.45, 7) is 7.46. The van der Waals surface area contributed by atoms with Gasteiger partial charge in [-0.15, -0.1) is 0 Å². The third-order valence-corrected chi connectivity index (χ3v) is 4.42. The maximum Gasteiger partial charge on any atom is 0.326 e. The van der Waals surface area contributed by atoms with Gasteiger partial charge in [-0.05, 0) is 18.4 Å². The van der Waals surface area contributed by atoms with Crippen LogP contribution in [0.25, 0.3) is 0 Å². The van der Waals surface area contributed by atoms with Crippen LogP contribution in [-0.2, 0) is 20.8 Å². The fourth-order valence-electron chi connectivity index (χ4n) is 2.64. The Morgan fingerprint density at radius 2 is 1.73 bits per heavy atom. The number of carboxylic acids is 1. The van der Waals surface area contributed by atoms with Crippen molar-refractivity contribution in [2.75, 3.05) is 0 Å². The highest BCUT2D eigenvalue weighted by atomic mass is 16.4. The molecular weight excluding hydrogens is 330 g/mol. The molecule has 0 spiro atoms. The average Bonchev–Trinajstić information content (AvgIpc) is 2.57. The Labute approximate surface area is 156 Å². The Kier molecular flexibility index (Phi) is 8.49. The first-order valence-corrected chi connectivity index (χ1v) is 9.25. The van der Waals surface area contributed by atoms with Gasteiger partial charge in [-0.1, -0.05) is 70.9 Å². The molecule has 5 heteroatoms. The molecule has 2 N–H and O–H groups in total. The lowest BCUT2D eigenvalue weighted by Gasteiger charge is -2.23. The van der Waals surface area contributed by atoms with Gasteiger partial charge in [0.1, 0.15) is 11.8 Å². The van der Waals surface area contributed by atoms with Crippen molar-refractivity contribution < 1.29 is 19.5 Å². The Balaban J connectivity index is 2.92. The first kappa shape index (κ1) is 21.9. The lowest BCUT2D eigenvalue weighted by Crippen LogP contribution is -2.45. The van der Waals surface area contributed by atoms with E-state index in [1.165, 1.54) is 0 Å². The fraction of sp³-hybridized carbons (Fsp3) is 0.571. The summed E-state index contributed by atoms with van der Waals surface area (Å²) in [5.74, 6) is -1.98. The molecule has 0 fully saturated rings. The van der Waals surface area contributed by atoms with Crippen LogP contribution in [0, 0.1) is 11.3 Å². The zero-order valence-electron chi connectivity index (χ0n) is 16.2. The molecule has 0 saturated heterocycles. The van der Waals surface area contributed by atoms with Gasteiger partial charge in [0.05, 0.1) is 0 Å². The molecule has 0 radical (unpaired) electrons. The molecule has 26 heavy (non-hydrogen) atoms. The van der Waals surface area contributed by atoms with Crippen LogP contribution in [0.3, 0.4) is 0 Å². The minimum Gasteiger partial charge on any atom is -0.480 e. The Morgan fingerprint density at radius 3 is 2.23 bits per heavy atom. The molecule has 1 rings (SSSR count). The summed E-state index contributed by atoms with van der Waals surface area (Å²) in [5, 5.41) is 12.0. The topological polar surface area (TPSA) is 83.5 Å². The van der Waals surface area contributed by atoms with E-state index in [-0.39, 0.29) is 18.1 Å². The molecule has 144 valence electrons. The molecule has 0 aliphatic carbocycles. The standard InChI is InChI=1S/C21H31NO4/c1-5-6-12-17(20(25)26)22-19(24)16(14-18(23)21(2,3)4)13-15-10-8-7-9-11-15/h7-11,16-17H,5-6,12-14H2,1-4H3,(H,22,24)(H,25,26)/t16-,17-/m0/s1. The SMILES string of the molecule is CCCC[C@H](NC(=O)[C@H](CC(=O)C(C)(C)C)Cc1ccccc1)C(=O)O. The van der Waals surface area contributed by atoms with Gasteiger partial charge < -0.3 is 10.4 Å². The summed E-state index contributed by atoms with van der Waals surface area (Å²) in [6, 6.07) is 8.57. The molecule has 0 unspecified atom stereocenters. The predicted molar refractivity (Wildman–Crippen MR) is 102 cm³/mol. The average molecular weight is 361 g/mol. The van der Waals surface area contributed by atoms with Gasteiger partial charge in [0.2, 0.25) is 5.91 Å². The highest BCUT2D eigenvalue weighted by molar-refractivity contribution is 5.91. The quantitative estimate of drug-likeness (QED) is 0.667. The normalized spacial score (nSPS) is 13.7. The van der Waals surface area contributed by atoms with Crippen LogP contribution in [0.1, 0.15) is 58.9 Å². The van der Waals surface area contributed by atoms with Crippen molar-refractivity contribution in [1.82, 2.24) is 5.32 Å². The number of nitrogens with one attached hydrogen (secondary N) is 1. The largest absolute Gasteiger partial charge is 0.480 e. The van der Waals surface area contributed by atoms with E-state index >= 15 is 0 Å². The third kappa shape index (κ3) is 7.38. The number of ketones is 1. The van der Waals surface area contributed by atoms with Gasteiger partial charge in [0, 0.05) is 17.8 Å². The molecule has 1 amide bonds. The molecule has 0 bridgehead atoms. The van der Waals surface area contributed by atoms with E-state index < -0.39 is 23.3 Å². The van der Waals surface area contributed by atoms with Gasteiger partial charge in [0.15, 0.2) is 0 Å². The number of rotatable bonds is 10. The number of carbonyl (C=O) groups excluding carboxylic acids is 2. The van der Waals surface area contributed by atoms with E-state index in [1.54, 1.807) is 0 Å². The minimum absolute atomic E-state index is 0.00554. The van der Waals surface area contributed by atoms with Crippen LogP contribution in [0.5, 0.6) is 0 Å². The molecule has 0 aliphatic heterocycles. The van der Waals surface area contributed by atoms with Crippen molar-refractivity contribution in [3.05, 3.63) is 35.9 Å². The van der Waals surface area contributed by atoms with Gasteiger partial charge in [-0.25, -0.2) is 4.79 Å². The number of benzene rings is 1. The highest BCUT2D eigenvalue weighted by Crippen LogP contribution is 2.22. The summed E-state index contributed by atoms with van der Waals surface area (Å²) in [4.78, 5) is 36.6. The minimum atomic E-state index is -1.03. The van der Waals surface area contributed by atoms with Crippen molar-refractivity contribution in [3.63, 3.8) is 0 Å². The lowest BCUT2D eigenvalue weighted by atomic mass is 9.83. The van der Waals surface area contributed by atoms with E-state index in [9.17, 15) is 19.5 Å². The van der Waals surface area contributed by atoms with Gasteiger partial charge in [0.25, 0.3) is 0 Å². The van der Waals surface area contributed by atoms with E-state index in [0.717, 1.165) is 18.4 Å². The van der Waals surface area contributed by atoms with Gasteiger partial charge in [-0.2, -0.15) is 0 Å². The number of aliphatic carboxylic acids is 1. The molecule has 1 aromatic carbocycles. The summed E-state index contributed by atoms with van der Waals surface area (Å²) in [5.41, 5.74) is 0.415. The van der Waals surface area contributed by atoms with Crippen LogP contribution in [-0.4, -0.2) is 28.8 Å². The van der Waals surface area contributed by atoms with Crippen LogP contribution in [0.4, 0.5) is 0 Å². The van der Waals surface area contributed by atoms with E-state index in [4.69, 9.17) is 0 Å². The van der Waals surface area contributed by atoms with E-state index in [0.29, 0.717) is 12.8 Å². The van der Waals surface area contributed by atoms with Crippen molar-refractivity contribution in [2.24, 2.45) is 11.3 Å². The zero-order chi connectivity index (χ0) is 19.7. The fourth-order valence-corrected chi connectivity index (χ4v) is 2.64. The number of carbonyl (C=O) groups is 3. The second kappa shape index (κ2) is 10.1. The summed E-state index contributed by atoms with van der Waals surface area (Å²) < 4.78 is 0. The Morgan fingerprint density at radius 1 is 1.12 bits per heavy atom. The number of Topliss-reactive ketones (excluding diaryl/α,β-unsaturated/α-hetero) is 1. The van der Waals surface area contributed by atoms with Crippen molar-refractivity contribution in [3.8, 4) is 0 Å². The van der Waals surface area contributed by atoms with Gasteiger partial charge in [-0.3, -0.25) is 9.59 Å². The van der Waals surface area contributed by atoms with E-state index in [2.05, 4.69) is 5.32 Å². The Hall–Kier alpha value is -2.17. The van der Waals surface area contributed by atoms with Crippen LogP contribution < -0.4 is 5.32 Å². The molecule has 0 saturated carbocycles. The number of hydrogen-bond acceptors (Lipinski definition) is 3. The number of unbranched alkanes of at least 4 members (excludes halogenated alkanes) is 1. The van der Waals surface area contributed by atoms with Crippen molar-refractivity contribution in [1.29, 1.82) is 0 Å². The second-order valence-electron chi connectivity index (χ2n) is 7.81. The first-order valence-electron chi connectivity index (χ1n) is 9.25. The van der Waals surface area contributed by atoms with Crippen LogP contribution >= 0.6 is 0 Å². The smallest absolute Gasteiger partial charge is 0.326 e. The van der Waals surface area contributed by atoms with E-state index in [1.807, 2.05) is 58.0 Å². The zero-order valence-corrected chi connectivity index (χ0v) is 16.2. The molecule has 0 aliphatic rings. The monoisotopic (exact) mass is 361 g/mol. The molecule has 0 heterocycles. The molecule has 2 atom stereocenters. The highest BCUT2D eigenvalue weighted by Gasteiger charge is 2.30. The number of hydrogen-bond donors (Lipinski definition) is 2.